The van der Waals surface area contributed by atoms with Gasteiger partial charge in [-0.3, -0.25) is 0 Å². The first-order valence-electron chi connectivity index (χ1n) is 5.21. The van der Waals surface area contributed by atoms with Crippen LogP contribution in [0.2, 0.25) is 0 Å². The Morgan fingerprint density at radius 2 is 2.31 bits per heavy atom. The molecule has 2 N–H and O–H groups in total. The second-order valence-electron chi connectivity index (χ2n) is 4.06. The molecule has 1 rings (SSSR count). The predicted octanol–water partition coefficient (Wildman–Crippen LogP) is 0.914. The first-order chi connectivity index (χ1) is 6.18. The summed E-state index contributed by atoms with van der Waals surface area (Å²) in [6.07, 6.45) is 3.16. The molecule has 0 spiro atoms. The summed E-state index contributed by atoms with van der Waals surface area (Å²) in [6.45, 7) is 5.54. The van der Waals surface area contributed by atoms with Crippen LogP contribution in [0.4, 0.5) is 0 Å². The van der Waals surface area contributed by atoms with Gasteiger partial charge in [0.25, 0.3) is 0 Å². The minimum atomic E-state index is -0.307. The van der Waals surface area contributed by atoms with Crippen LogP contribution in [0.5, 0.6) is 0 Å². The van der Waals surface area contributed by atoms with Crippen LogP contribution < -0.4 is 5.32 Å². The quantitative estimate of drug-likeness (QED) is 0.672. The van der Waals surface area contributed by atoms with Gasteiger partial charge in [0.05, 0.1) is 18.8 Å². The average molecular weight is 187 g/mol. The van der Waals surface area contributed by atoms with Gasteiger partial charge in [-0.15, -0.1) is 0 Å². The average Bonchev–Trinajstić information content (AvgIpc) is 2.53. The molecule has 0 aliphatic carbocycles. The van der Waals surface area contributed by atoms with E-state index in [1.807, 2.05) is 13.8 Å². The van der Waals surface area contributed by atoms with E-state index in [1.165, 1.54) is 12.8 Å². The molecule has 1 aliphatic heterocycles. The zero-order valence-electron chi connectivity index (χ0n) is 8.62. The molecular formula is C10H21NO2. The molecule has 0 aromatic rings. The van der Waals surface area contributed by atoms with Gasteiger partial charge < -0.3 is 15.2 Å². The first kappa shape index (κ1) is 11.0. The minimum Gasteiger partial charge on any atom is -0.391 e. The van der Waals surface area contributed by atoms with Crippen LogP contribution in [-0.4, -0.2) is 36.5 Å². The molecule has 1 saturated heterocycles. The van der Waals surface area contributed by atoms with Gasteiger partial charge in [-0.2, -0.15) is 0 Å². The van der Waals surface area contributed by atoms with E-state index in [0.717, 1.165) is 13.0 Å². The summed E-state index contributed by atoms with van der Waals surface area (Å²) in [4.78, 5) is 0. The van der Waals surface area contributed by atoms with Crippen LogP contribution in [0.3, 0.4) is 0 Å². The smallest absolute Gasteiger partial charge is 0.0788 e. The number of nitrogens with one attached hydrogen (secondary N) is 1. The zero-order chi connectivity index (χ0) is 9.68. The lowest BCUT2D eigenvalue weighted by atomic mass is 10.1. The van der Waals surface area contributed by atoms with E-state index in [0.29, 0.717) is 12.6 Å². The third-order valence-electron chi connectivity index (χ3n) is 2.34. The highest BCUT2D eigenvalue weighted by Crippen LogP contribution is 2.11. The fourth-order valence-corrected chi connectivity index (χ4v) is 1.66. The van der Waals surface area contributed by atoms with Gasteiger partial charge >= 0.3 is 0 Å². The van der Waals surface area contributed by atoms with Crippen LogP contribution in [0.25, 0.3) is 0 Å². The Kier molecular flexibility index (Phi) is 4.70. The van der Waals surface area contributed by atoms with Gasteiger partial charge in [-0.05, 0) is 39.7 Å². The summed E-state index contributed by atoms with van der Waals surface area (Å²) in [7, 11) is 0. The Balaban J connectivity index is 2.05. The fraction of sp³-hybridized carbons (Fsp3) is 1.00. The highest BCUT2D eigenvalue weighted by atomic mass is 16.5. The van der Waals surface area contributed by atoms with Crippen molar-refractivity contribution in [3.05, 3.63) is 0 Å². The number of hydrogen-bond acceptors (Lipinski definition) is 3. The van der Waals surface area contributed by atoms with E-state index in [-0.39, 0.29) is 12.2 Å². The maximum absolute atomic E-state index is 9.59. The molecule has 3 heteroatoms. The van der Waals surface area contributed by atoms with E-state index >= 15 is 0 Å². The molecule has 0 amide bonds. The topological polar surface area (TPSA) is 41.5 Å². The molecule has 13 heavy (non-hydrogen) atoms. The monoisotopic (exact) mass is 187 g/mol. The SMILES string of the molecule is CC(C)OC[C@@H](O)CC1CCCN1. The molecule has 0 saturated carbocycles. The first-order valence-corrected chi connectivity index (χ1v) is 5.21. The molecule has 1 heterocycles. The Hall–Kier alpha value is -0.120. The number of aliphatic hydroxyl groups excluding tert-OH is 1. The highest BCUT2D eigenvalue weighted by molar-refractivity contribution is 4.76. The molecule has 1 unspecified atom stereocenters. The van der Waals surface area contributed by atoms with E-state index in [2.05, 4.69) is 5.32 Å². The van der Waals surface area contributed by atoms with Crippen molar-refractivity contribution in [2.75, 3.05) is 13.2 Å². The molecular weight excluding hydrogens is 166 g/mol. The second-order valence-corrected chi connectivity index (χ2v) is 4.06. The molecule has 1 fully saturated rings. The third-order valence-corrected chi connectivity index (χ3v) is 2.34. The van der Waals surface area contributed by atoms with Gasteiger partial charge in [0.1, 0.15) is 0 Å². The Labute approximate surface area is 80.5 Å². The Morgan fingerprint density at radius 1 is 1.54 bits per heavy atom. The van der Waals surface area contributed by atoms with E-state index in [4.69, 9.17) is 4.74 Å². The summed E-state index contributed by atoms with van der Waals surface area (Å²) >= 11 is 0. The van der Waals surface area contributed by atoms with Crippen molar-refractivity contribution in [2.45, 2.75) is 51.4 Å². The van der Waals surface area contributed by atoms with Crippen LogP contribution in [0, 0.1) is 0 Å². The number of hydrogen-bond donors (Lipinski definition) is 2. The largest absolute Gasteiger partial charge is 0.391 e. The van der Waals surface area contributed by atoms with Gasteiger partial charge in [0, 0.05) is 6.04 Å². The van der Waals surface area contributed by atoms with Gasteiger partial charge in [0.2, 0.25) is 0 Å². The summed E-state index contributed by atoms with van der Waals surface area (Å²) in [5, 5.41) is 13.0. The molecule has 0 aromatic heterocycles. The second kappa shape index (κ2) is 5.58. The van der Waals surface area contributed by atoms with E-state index in [1.54, 1.807) is 0 Å². The van der Waals surface area contributed by atoms with Crippen molar-refractivity contribution in [1.29, 1.82) is 0 Å². The normalized spacial score (nSPS) is 25.4. The molecule has 1 aliphatic rings. The van der Waals surface area contributed by atoms with E-state index < -0.39 is 0 Å². The third kappa shape index (κ3) is 4.60. The predicted molar refractivity (Wildman–Crippen MR) is 52.7 cm³/mol. The van der Waals surface area contributed by atoms with E-state index in [9.17, 15) is 5.11 Å². The van der Waals surface area contributed by atoms with Crippen molar-refractivity contribution < 1.29 is 9.84 Å². The summed E-state index contributed by atoms with van der Waals surface area (Å²) in [6, 6.07) is 0.505. The molecule has 0 aromatic carbocycles. The van der Waals surface area contributed by atoms with Crippen LogP contribution in [0.1, 0.15) is 33.1 Å². The molecule has 3 nitrogen and oxygen atoms in total. The Morgan fingerprint density at radius 3 is 2.85 bits per heavy atom. The van der Waals surface area contributed by atoms with Crippen molar-refractivity contribution in [1.82, 2.24) is 5.32 Å². The van der Waals surface area contributed by atoms with Crippen molar-refractivity contribution in [3.8, 4) is 0 Å². The van der Waals surface area contributed by atoms with Crippen LogP contribution >= 0.6 is 0 Å². The van der Waals surface area contributed by atoms with Crippen molar-refractivity contribution in [3.63, 3.8) is 0 Å². The van der Waals surface area contributed by atoms with Gasteiger partial charge in [-0.1, -0.05) is 0 Å². The lowest BCUT2D eigenvalue weighted by molar-refractivity contribution is -0.000454. The van der Waals surface area contributed by atoms with Crippen LogP contribution in [0.15, 0.2) is 0 Å². The van der Waals surface area contributed by atoms with Gasteiger partial charge in [-0.25, -0.2) is 0 Å². The number of rotatable bonds is 5. The number of ether oxygens (including phenoxy) is 1. The standard InChI is InChI=1S/C10H21NO2/c1-8(2)13-7-10(12)6-9-4-3-5-11-9/h8-12H,3-7H2,1-2H3/t9?,10-/m0/s1. The van der Waals surface area contributed by atoms with Crippen LogP contribution in [-0.2, 0) is 4.74 Å². The highest BCUT2D eigenvalue weighted by Gasteiger charge is 2.18. The molecule has 0 radical (unpaired) electrons. The lowest BCUT2D eigenvalue weighted by Gasteiger charge is -2.17. The zero-order valence-corrected chi connectivity index (χ0v) is 8.62. The van der Waals surface area contributed by atoms with Crippen molar-refractivity contribution >= 4 is 0 Å². The van der Waals surface area contributed by atoms with Crippen molar-refractivity contribution in [2.24, 2.45) is 0 Å². The summed E-state index contributed by atoms with van der Waals surface area (Å²) in [5.41, 5.74) is 0. The number of aliphatic hydroxyl groups is 1. The maximum Gasteiger partial charge on any atom is 0.0788 e. The molecule has 78 valence electrons. The fourth-order valence-electron chi connectivity index (χ4n) is 1.66. The van der Waals surface area contributed by atoms with Gasteiger partial charge in [0.15, 0.2) is 0 Å². The maximum atomic E-state index is 9.59. The minimum absolute atomic E-state index is 0.214. The lowest BCUT2D eigenvalue weighted by Crippen LogP contribution is -2.29. The molecule has 0 bridgehead atoms. The summed E-state index contributed by atoms with van der Waals surface area (Å²) in [5.74, 6) is 0. The summed E-state index contributed by atoms with van der Waals surface area (Å²) < 4.78 is 5.34. The molecule has 2 atom stereocenters. The Bertz CT molecular complexity index is 133.